The smallest absolute Gasteiger partial charge is 0.211 e. The number of ether oxygens (including phenoxy) is 2. The van der Waals surface area contributed by atoms with Gasteiger partial charge in [0.25, 0.3) is 0 Å². The lowest BCUT2D eigenvalue weighted by atomic mass is 9.85. The van der Waals surface area contributed by atoms with Crippen LogP contribution in [0, 0.1) is 0 Å². The first-order valence-electron chi connectivity index (χ1n) is 6.95. The highest BCUT2D eigenvalue weighted by Gasteiger charge is 2.24. The maximum atomic E-state index is 11.8. The molecule has 0 aliphatic rings. The third-order valence-corrected chi connectivity index (χ3v) is 4.90. The van der Waals surface area contributed by atoms with E-state index in [-0.39, 0.29) is 11.2 Å². The lowest BCUT2D eigenvalue weighted by molar-refractivity contribution is 0.353. The van der Waals surface area contributed by atoms with E-state index < -0.39 is 10.0 Å². The summed E-state index contributed by atoms with van der Waals surface area (Å²) < 4.78 is 36.7. The van der Waals surface area contributed by atoms with E-state index in [2.05, 4.69) is 4.72 Å². The Kier molecular flexibility index (Phi) is 6.04. The van der Waals surface area contributed by atoms with Crippen molar-refractivity contribution in [3.8, 4) is 11.5 Å². The summed E-state index contributed by atoms with van der Waals surface area (Å²) in [5, 5.41) is 0. The van der Waals surface area contributed by atoms with Crippen LogP contribution in [-0.2, 0) is 15.4 Å². The second kappa shape index (κ2) is 7.13. The molecular weight excluding hydrogens is 290 g/mol. The molecule has 1 rings (SSSR count). The summed E-state index contributed by atoms with van der Waals surface area (Å²) in [6.07, 6.45) is 0.603. The van der Waals surface area contributed by atoms with Crippen LogP contribution in [-0.4, -0.2) is 34.9 Å². The van der Waals surface area contributed by atoms with Gasteiger partial charge in [-0.1, -0.05) is 26.8 Å². The monoisotopic (exact) mass is 315 g/mol. The van der Waals surface area contributed by atoms with Gasteiger partial charge in [-0.05, 0) is 24.1 Å². The van der Waals surface area contributed by atoms with Crippen molar-refractivity contribution in [1.29, 1.82) is 0 Å². The number of methoxy groups -OCH3 is 2. The van der Waals surface area contributed by atoms with Gasteiger partial charge in [0.1, 0.15) is 0 Å². The maximum absolute atomic E-state index is 11.8. The summed E-state index contributed by atoms with van der Waals surface area (Å²) in [7, 11) is -0.0405. The molecule has 6 heteroatoms. The number of sulfonamides is 1. The SMILES string of the molecule is CCCS(=O)(=O)NCC(C)(C)c1ccc(OC)c(OC)c1. The largest absolute Gasteiger partial charge is 0.493 e. The van der Waals surface area contributed by atoms with Crippen LogP contribution in [0.4, 0.5) is 0 Å². The first-order chi connectivity index (χ1) is 9.75. The van der Waals surface area contributed by atoms with E-state index in [1.807, 2.05) is 39.0 Å². The van der Waals surface area contributed by atoms with Crippen molar-refractivity contribution >= 4 is 10.0 Å². The van der Waals surface area contributed by atoms with Crippen LogP contribution in [0.15, 0.2) is 18.2 Å². The summed E-state index contributed by atoms with van der Waals surface area (Å²) in [6, 6.07) is 5.64. The predicted octanol–water partition coefficient (Wildman–Crippen LogP) is 2.31. The molecular formula is C15H25NO4S. The van der Waals surface area contributed by atoms with Crippen molar-refractivity contribution in [1.82, 2.24) is 4.72 Å². The van der Waals surface area contributed by atoms with Crippen molar-refractivity contribution in [3.63, 3.8) is 0 Å². The van der Waals surface area contributed by atoms with Gasteiger partial charge in [0, 0.05) is 12.0 Å². The molecule has 1 aromatic carbocycles. The van der Waals surface area contributed by atoms with E-state index in [0.717, 1.165) is 5.56 Å². The van der Waals surface area contributed by atoms with Gasteiger partial charge in [-0.2, -0.15) is 0 Å². The van der Waals surface area contributed by atoms with Crippen LogP contribution < -0.4 is 14.2 Å². The van der Waals surface area contributed by atoms with Crippen molar-refractivity contribution < 1.29 is 17.9 Å². The summed E-state index contributed by atoms with van der Waals surface area (Å²) in [5.41, 5.74) is 0.639. The van der Waals surface area contributed by atoms with Crippen LogP contribution in [0.3, 0.4) is 0 Å². The van der Waals surface area contributed by atoms with E-state index in [0.29, 0.717) is 24.5 Å². The minimum absolute atomic E-state index is 0.148. The Morgan fingerprint density at radius 2 is 1.76 bits per heavy atom. The third-order valence-electron chi connectivity index (χ3n) is 3.37. The quantitative estimate of drug-likeness (QED) is 0.799. The Balaban J connectivity index is 2.92. The van der Waals surface area contributed by atoms with Gasteiger partial charge in [0.15, 0.2) is 11.5 Å². The lowest BCUT2D eigenvalue weighted by Crippen LogP contribution is -2.37. The molecule has 0 aromatic heterocycles. The zero-order valence-electron chi connectivity index (χ0n) is 13.4. The van der Waals surface area contributed by atoms with E-state index in [1.165, 1.54) is 0 Å². The molecule has 0 radical (unpaired) electrons. The fraction of sp³-hybridized carbons (Fsp3) is 0.600. The molecule has 0 saturated heterocycles. The van der Waals surface area contributed by atoms with Crippen LogP contribution in [0.25, 0.3) is 0 Å². The topological polar surface area (TPSA) is 64.6 Å². The molecule has 21 heavy (non-hydrogen) atoms. The fourth-order valence-corrected chi connectivity index (χ4v) is 3.25. The van der Waals surface area contributed by atoms with Gasteiger partial charge in [-0.3, -0.25) is 0 Å². The summed E-state index contributed by atoms with van der Waals surface area (Å²) in [4.78, 5) is 0. The molecule has 0 amide bonds. The van der Waals surface area contributed by atoms with E-state index in [4.69, 9.17) is 9.47 Å². The number of nitrogens with one attached hydrogen (secondary N) is 1. The molecule has 0 bridgehead atoms. The molecule has 0 aliphatic carbocycles. The van der Waals surface area contributed by atoms with Crippen molar-refractivity contribution in [2.45, 2.75) is 32.6 Å². The number of hydrogen-bond donors (Lipinski definition) is 1. The third kappa shape index (κ3) is 4.89. The Morgan fingerprint density at radius 1 is 1.14 bits per heavy atom. The van der Waals surface area contributed by atoms with Crippen LogP contribution >= 0.6 is 0 Å². The van der Waals surface area contributed by atoms with Crippen LogP contribution in [0.1, 0.15) is 32.8 Å². The predicted molar refractivity (Wildman–Crippen MR) is 84.7 cm³/mol. The molecule has 0 saturated carbocycles. The molecule has 0 unspecified atom stereocenters. The van der Waals surface area contributed by atoms with Crippen LogP contribution in [0.2, 0.25) is 0 Å². The molecule has 0 spiro atoms. The molecule has 0 fully saturated rings. The molecule has 120 valence electrons. The van der Waals surface area contributed by atoms with Gasteiger partial charge in [-0.25, -0.2) is 13.1 Å². The molecule has 0 atom stereocenters. The summed E-state index contributed by atoms with van der Waals surface area (Å²) in [6.45, 7) is 6.16. The average Bonchev–Trinajstić information content (AvgIpc) is 2.44. The molecule has 5 nitrogen and oxygen atoms in total. The Morgan fingerprint density at radius 3 is 2.29 bits per heavy atom. The first-order valence-corrected chi connectivity index (χ1v) is 8.61. The standard InChI is InChI=1S/C15H25NO4S/c1-6-9-21(17,18)16-11-15(2,3)12-7-8-13(19-4)14(10-12)20-5/h7-8,10,16H,6,9,11H2,1-5H3. The van der Waals surface area contributed by atoms with Crippen molar-refractivity contribution in [3.05, 3.63) is 23.8 Å². The summed E-state index contributed by atoms with van der Waals surface area (Å²) >= 11 is 0. The number of rotatable bonds is 8. The van der Waals surface area contributed by atoms with Gasteiger partial charge in [0.2, 0.25) is 10.0 Å². The normalized spacial score (nSPS) is 12.2. The second-order valence-electron chi connectivity index (χ2n) is 5.59. The minimum atomic E-state index is -3.21. The average molecular weight is 315 g/mol. The van der Waals surface area contributed by atoms with Crippen molar-refractivity contribution in [2.75, 3.05) is 26.5 Å². The molecule has 0 aliphatic heterocycles. The maximum Gasteiger partial charge on any atom is 0.211 e. The molecule has 1 aromatic rings. The number of benzene rings is 1. The number of hydrogen-bond acceptors (Lipinski definition) is 4. The van der Waals surface area contributed by atoms with Gasteiger partial charge >= 0.3 is 0 Å². The lowest BCUT2D eigenvalue weighted by Gasteiger charge is -2.26. The summed E-state index contributed by atoms with van der Waals surface area (Å²) in [5.74, 6) is 1.44. The fourth-order valence-electron chi connectivity index (χ4n) is 1.99. The minimum Gasteiger partial charge on any atom is -0.493 e. The Hall–Kier alpha value is -1.27. The van der Waals surface area contributed by atoms with E-state index in [9.17, 15) is 8.42 Å². The highest BCUT2D eigenvalue weighted by Crippen LogP contribution is 2.32. The Labute approximate surface area is 127 Å². The highest BCUT2D eigenvalue weighted by atomic mass is 32.2. The van der Waals surface area contributed by atoms with Crippen LogP contribution in [0.5, 0.6) is 11.5 Å². The molecule has 0 heterocycles. The first kappa shape index (κ1) is 17.8. The zero-order chi connectivity index (χ0) is 16.1. The Bertz CT molecular complexity index is 567. The van der Waals surface area contributed by atoms with Gasteiger partial charge in [0.05, 0.1) is 20.0 Å². The molecule has 1 N–H and O–H groups in total. The van der Waals surface area contributed by atoms with Gasteiger partial charge < -0.3 is 9.47 Å². The van der Waals surface area contributed by atoms with Gasteiger partial charge in [-0.15, -0.1) is 0 Å². The van der Waals surface area contributed by atoms with E-state index in [1.54, 1.807) is 14.2 Å². The van der Waals surface area contributed by atoms with Crippen molar-refractivity contribution in [2.24, 2.45) is 0 Å². The van der Waals surface area contributed by atoms with E-state index >= 15 is 0 Å². The zero-order valence-corrected chi connectivity index (χ0v) is 14.2. The highest BCUT2D eigenvalue weighted by molar-refractivity contribution is 7.89. The second-order valence-corrected chi connectivity index (χ2v) is 7.52.